The summed E-state index contributed by atoms with van der Waals surface area (Å²) in [5.74, 6) is 0.189. The first-order valence-corrected chi connectivity index (χ1v) is 12.2. The molecule has 4 N–H and O–H groups in total. The van der Waals surface area contributed by atoms with Crippen molar-refractivity contribution < 1.29 is 19.5 Å². The van der Waals surface area contributed by atoms with Gasteiger partial charge in [0.05, 0.1) is 0 Å². The second-order valence-corrected chi connectivity index (χ2v) is 8.40. The Kier molecular flexibility index (Phi) is 12.9. The number of rotatable bonds is 16. The molecule has 0 aliphatic carbocycles. The third-order valence-corrected chi connectivity index (χ3v) is 5.46. The van der Waals surface area contributed by atoms with E-state index in [0.717, 1.165) is 51.4 Å². The van der Waals surface area contributed by atoms with E-state index < -0.39 is 0 Å². The lowest BCUT2D eigenvalue weighted by Gasteiger charge is -2.07. The molecular formula is C27H37N3O4. The van der Waals surface area contributed by atoms with Crippen LogP contribution in [-0.2, 0) is 9.59 Å². The molecule has 0 fully saturated rings. The second kappa shape index (κ2) is 16.3. The van der Waals surface area contributed by atoms with Gasteiger partial charge >= 0.3 is 0 Å². The van der Waals surface area contributed by atoms with Gasteiger partial charge in [-0.2, -0.15) is 0 Å². The van der Waals surface area contributed by atoms with Gasteiger partial charge in [-0.1, -0.05) is 37.5 Å². The van der Waals surface area contributed by atoms with Crippen LogP contribution in [0.25, 0.3) is 0 Å². The number of carbonyl (C=O) groups is 3. The van der Waals surface area contributed by atoms with Crippen molar-refractivity contribution in [2.24, 2.45) is 0 Å². The third-order valence-electron chi connectivity index (χ3n) is 5.46. The second-order valence-electron chi connectivity index (χ2n) is 8.40. The van der Waals surface area contributed by atoms with Gasteiger partial charge in [-0.05, 0) is 68.5 Å². The summed E-state index contributed by atoms with van der Waals surface area (Å²) in [7, 11) is 0. The van der Waals surface area contributed by atoms with Gasteiger partial charge in [0, 0.05) is 37.2 Å². The number of aromatic hydroxyl groups is 1. The summed E-state index contributed by atoms with van der Waals surface area (Å²) in [5, 5.41) is 17.9. The van der Waals surface area contributed by atoms with Crippen LogP contribution in [-0.4, -0.2) is 35.9 Å². The number of phenols is 1. The van der Waals surface area contributed by atoms with E-state index >= 15 is 0 Å². The summed E-state index contributed by atoms with van der Waals surface area (Å²) in [5.41, 5.74) is 1.36. The minimum Gasteiger partial charge on any atom is -0.508 e. The molecule has 0 aliphatic heterocycles. The quantitative estimate of drug-likeness (QED) is 0.210. The highest BCUT2D eigenvalue weighted by molar-refractivity contribution is 5.94. The molecule has 2 aromatic rings. The molecule has 0 spiro atoms. The summed E-state index contributed by atoms with van der Waals surface area (Å²) >= 11 is 0. The maximum atomic E-state index is 11.9. The van der Waals surface area contributed by atoms with Crippen molar-refractivity contribution >= 4 is 23.4 Å². The van der Waals surface area contributed by atoms with Crippen molar-refractivity contribution in [3.05, 3.63) is 60.2 Å². The average Bonchev–Trinajstić information content (AvgIpc) is 2.84. The molecule has 7 heteroatoms. The van der Waals surface area contributed by atoms with Crippen LogP contribution in [0.4, 0.5) is 5.69 Å². The molecule has 184 valence electrons. The first-order valence-electron chi connectivity index (χ1n) is 12.2. The topological polar surface area (TPSA) is 108 Å². The number of hydrogen-bond acceptors (Lipinski definition) is 4. The molecule has 0 saturated carbocycles. The predicted molar refractivity (Wildman–Crippen MR) is 135 cm³/mol. The van der Waals surface area contributed by atoms with E-state index in [1.807, 2.05) is 18.2 Å². The van der Waals surface area contributed by atoms with E-state index in [9.17, 15) is 19.5 Å². The van der Waals surface area contributed by atoms with E-state index in [4.69, 9.17) is 0 Å². The van der Waals surface area contributed by atoms with Gasteiger partial charge in [-0.15, -0.1) is 0 Å². The van der Waals surface area contributed by atoms with Gasteiger partial charge in [0.1, 0.15) is 5.75 Å². The number of benzene rings is 2. The Balaban J connectivity index is 1.36. The third kappa shape index (κ3) is 12.0. The van der Waals surface area contributed by atoms with Crippen LogP contribution < -0.4 is 16.0 Å². The SMILES string of the molecule is O=C(CCCCCCCC(=O)Nc1ccc(O)cc1)NCCCCCNC(=O)c1ccccc1. The van der Waals surface area contributed by atoms with Crippen molar-refractivity contribution in [1.82, 2.24) is 10.6 Å². The molecule has 3 amide bonds. The lowest BCUT2D eigenvalue weighted by atomic mass is 10.1. The lowest BCUT2D eigenvalue weighted by Crippen LogP contribution is -2.25. The van der Waals surface area contributed by atoms with Crippen LogP contribution in [0.5, 0.6) is 5.75 Å². The van der Waals surface area contributed by atoms with Gasteiger partial charge in [0.25, 0.3) is 5.91 Å². The molecule has 0 radical (unpaired) electrons. The standard InChI is InChI=1S/C27H37N3O4/c31-24-18-16-23(17-19-24)30-26(33)15-9-3-1-2-8-14-25(32)28-20-10-5-11-21-29-27(34)22-12-6-4-7-13-22/h4,6-7,12-13,16-19,31H,1-3,5,8-11,14-15,20-21H2,(H,28,32)(H,29,34)(H,30,33). The fourth-order valence-electron chi connectivity index (χ4n) is 3.51. The van der Waals surface area contributed by atoms with Crippen LogP contribution >= 0.6 is 0 Å². The number of phenolic OH excluding ortho intramolecular Hbond substituents is 1. The number of anilines is 1. The highest BCUT2D eigenvalue weighted by Crippen LogP contribution is 2.14. The Morgan fingerprint density at radius 3 is 1.85 bits per heavy atom. The molecule has 0 saturated heterocycles. The van der Waals surface area contributed by atoms with Crippen molar-refractivity contribution in [2.45, 2.75) is 64.2 Å². The molecule has 0 aliphatic rings. The van der Waals surface area contributed by atoms with E-state index in [2.05, 4.69) is 16.0 Å². The number of hydrogen-bond donors (Lipinski definition) is 4. The summed E-state index contributed by atoms with van der Waals surface area (Å²) in [4.78, 5) is 35.7. The summed E-state index contributed by atoms with van der Waals surface area (Å²) in [6, 6.07) is 15.6. The minimum absolute atomic E-state index is 0.0244. The normalized spacial score (nSPS) is 10.5. The fourth-order valence-corrected chi connectivity index (χ4v) is 3.51. The molecule has 34 heavy (non-hydrogen) atoms. The smallest absolute Gasteiger partial charge is 0.251 e. The van der Waals surface area contributed by atoms with Crippen LogP contribution in [0, 0.1) is 0 Å². The molecular weight excluding hydrogens is 430 g/mol. The Hall–Kier alpha value is -3.35. The molecule has 0 heterocycles. The number of carbonyl (C=O) groups excluding carboxylic acids is 3. The zero-order chi connectivity index (χ0) is 24.4. The van der Waals surface area contributed by atoms with Crippen LogP contribution in [0.2, 0.25) is 0 Å². The van der Waals surface area contributed by atoms with Crippen LogP contribution in [0.3, 0.4) is 0 Å². The Morgan fingerprint density at radius 2 is 1.18 bits per heavy atom. The number of nitrogens with one attached hydrogen (secondary N) is 3. The first-order chi connectivity index (χ1) is 16.5. The Labute approximate surface area is 202 Å². The van der Waals surface area contributed by atoms with Crippen molar-refractivity contribution in [3.63, 3.8) is 0 Å². The minimum atomic E-state index is -0.0498. The van der Waals surface area contributed by atoms with Gasteiger partial charge in [-0.3, -0.25) is 14.4 Å². The number of amides is 3. The van der Waals surface area contributed by atoms with Crippen molar-refractivity contribution in [3.8, 4) is 5.75 Å². The molecule has 0 bridgehead atoms. The molecule has 2 rings (SSSR count). The van der Waals surface area contributed by atoms with E-state index in [1.165, 1.54) is 0 Å². The van der Waals surface area contributed by atoms with Gasteiger partial charge in [-0.25, -0.2) is 0 Å². The fraction of sp³-hybridized carbons (Fsp3) is 0.444. The lowest BCUT2D eigenvalue weighted by molar-refractivity contribution is -0.121. The molecule has 7 nitrogen and oxygen atoms in total. The number of unbranched alkanes of at least 4 members (excludes halogenated alkanes) is 6. The van der Waals surface area contributed by atoms with E-state index in [1.54, 1.807) is 36.4 Å². The molecule has 0 unspecified atom stereocenters. The maximum Gasteiger partial charge on any atom is 0.251 e. The van der Waals surface area contributed by atoms with Gasteiger partial charge in [0.2, 0.25) is 11.8 Å². The molecule has 0 atom stereocenters. The summed E-state index contributed by atoms with van der Waals surface area (Å²) in [6.07, 6.45) is 8.38. The average molecular weight is 468 g/mol. The van der Waals surface area contributed by atoms with Crippen molar-refractivity contribution in [2.75, 3.05) is 18.4 Å². The summed E-state index contributed by atoms with van der Waals surface area (Å²) in [6.45, 7) is 1.31. The zero-order valence-corrected chi connectivity index (χ0v) is 19.9. The predicted octanol–water partition coefficient (Wildman–Crippen LogP) is 4.78. The summed E-state index contributed by atoms with van der Waals surface area (Å²) < 4.78 is 0. The van der Waals surface area contributed by atoms with E-state index in [0.29, 0.717) is 37.2 Å². The highest BCUT2D eigenvalue weighted by atomic mass is 16.3. The maximum absolute atomic E-state index is 11.9. The molecule has 0 aromatic heterocycles. The largest absolute Gasteiger partial charge is 0.508 e. The van der Waals surface area contributed by atoms with Gasteiger partial charge < -0.3 is 21.1 Å². The van der Waals surface area contributed by atoms with Crippen LogP contribution in [0.15, 0.2) is 54.6 Å². The first kappa shape index (κ1) is 26.9. The molecule has 2 aromatic carbocycles. The van der Waals surface area contributed by atoms with Crippen LogP contribution in [0.1, 0.15) is 74.6 Å². The van der Waals surface area contributed by atoms with E-state index in [-0.39, 0.29) is 23.5 Å². The Bertz CT molecular complexity index is 869. The highest BCUT2D eigenvalue weighted by Gasteiger charge is 2.05. The van der Waals surface area contributed by atoms with Gasteiger partial charge in [0.15, 0.2) is 0 Å². The monoisotopic (exact) mass is 467 g/mol. The Morgan fingerprint density at radius 1 is 0.618 bits per heavy atom. The van der Waals surface area contributed by atoms with Crippen molar-refractivity contribution in [1.29, 1.82) is 0 Å². The zero-order valence-electron chi connectivity index (χ0n) is 19.9.